The van der Waals surface area contributed by atoms with E-state index in [4.69, 9.17) is 9.47 Å². The number of carbonyl (C=O) groups is 1. The van der Waals surface area contributed by atoms with Gasteiger partial charge in [-0.1, -0.05) is 0 Å². The number of hydrogen-bond donors (Lipinski definition) is 2. The van der Waals surface area contributed by atoms with Crippen LogP contribution in [0.25, 0.3) is 10.9 Å². The SMILES string of the molecule is CC1CC(Oc2nn(C)c3cc(NC(=O)c4ncccc4O)ccc23)CCO1. The summed E-state index contributed by atoms with van der Waals surface area (Å²) < 4.78 is 13.4. The molecule has 3 heterocycles. The van der Waals surface area contributed by atoms with Gasteiger partial charge in [0.1, 0.15) is 11.9 Å². The number of nitrogens with zero attached hydrogens (tertiary/aromatic N) is 3. The minimum Gasteiger partial charge on any atom is -0.505 e. The second-order valence-corrected chi connectivity index (χ2v) is 6.93. The Morgan fingerprint density at radius 3 is 3.04 bits per heavy atom. The fraction of sp³-hybridized carbons (Fsp3) is 0.350. The van der Waals surface area contributed by atoms with Crippen LogP contribution in [0.1, 0.15) is 30.3 Å². The Kier molecular flexibility index (Phi) is 4.87. The van der Waals surface area contributed by atoms with E-state index in [1.165, 1.54) is 12.3 Å². The van der Waals surface area contributed by atoms with Gasteiger partial charge in [-0.3, -0.25) is 9.48 Å². The lowest BCUT2D eigenvalue weighted by atomic mass is 10.1. The predicted molar refractivity (Wildman–Crippen MR) is 104 cm³/mol. The average molecular weight is 382 g/mol. The van der Waals surface area contributed by atoms with Crippen LogP contribution < -0.4 is 10.1 Å². The number of fused-ring (bicyclic) bond motifs is 1. The molecule has 8 heteroatoms. The molecule has 1 amide bonds. The normalized spacial score (nSPS) is 19.5. The van der Waals surface area contributed by atoms with Crippen molar-refractivity contribution < 1.29 is 19.4 Å². The number of amides is 1. The minimum absolute atomic E-state index is 0.0229. The molecule has 2 aromatic heterocycles. The molecule has 1 fully saturated rings. The molecular formula is C20H22N4O4. The summed E-state index contributed by atoms with van der Waals surface area (Å²) >= 11 is 0. The molecule has 0 radical (unpaired) electrons. The number of carbonyl (C=O) groups excluding carboxylic acids is 1. The molecule has 1 saturated heterocycles. The third kappa shape index (κ3) is 3.63. The largest absolute Gasteiger partial charge is 0.505 e. The van der Waals surface area contributed by atoms with Crippen LogP contribution in [0.3, 0.4) is 0 Å². The number of ether oxygens (including phenoxy) is 2. The molecule has 1 aliphatic heterocycles. The molecular weight excluding hydrogens is 360 g/mol. The van der Waals surface area contributed by atoms with Crippen molar-refractivity contribution in [3.63, 3.8) is 0 Å². The topological polar surface area (TPSA) is 98.5 Å². The Morgan fingerprint density at radius 2 is 2.25 bits per heavy atom. The lowest BCUT2D eigenvalue weighted by molar-refractivity contribution is -0.0261. The zero-order valence-corrected chi connectivity index (χ0v) is 15.8. The Hall–Kier alpha value is -3.13. The van der Waals surface area contributed by atoms with Crippen LogP contribution in [0.4, 0.5) is 5.69 Å². The van der Waals surface area contributed by atoms with E-state index in [0.717, 1.165) is 23.7 Å². The van der Waals surface area contributed by atoms with Gasteiger partial charge in [0.25, 0.3) is 5.91 Å². The minimum atomic E-state index is -0.479. The van der Waals surface area contributed by atoms with Gasteiger partial charge in [0.2, 0.25) is 5.88 Å². The Bertz CT molecular complexity index is 1020. The Balaban J connectivity index is 1.55. The summed E-state index contributed by atoms with van der Waals surface area (Å²) in [6.07, 6.45) is 3.38. The summed E-state index contributed by atoms with van der Waals surface area (Å²) in [5.41, 5.74) is 1.39. The molecule has 0 spiro atoms. The van der Waals surface area contributed by atoms with Crippen LogP contribution in [-0.4, -0.2) is 44.6 Å². The van der Waals surface area contributed by atoms with E-state index in [9.17, 15) is 9.90 Å². The van der Waals surface area contributed by atoms with Crippen molar-refractivity contribution in [3.8, 4) is 11.6 Å². The fourth-order valence-corrected chi connectivity index (χ4v) is 3.37. The van der Waals surface area contributed by atoms with Gasteiger partial charge < -0.3 is 19.9 Å². The van der Waals surface area contributed by atoms with Crippen molar-refractivity contribution in [2.75, 3.05) is 11.9 Å². The van der Waals surface area contributed by atoms with Gasteiger partial charge in [0.15, 0.2) is 5.69 Å². The number of pyridine rings is 1. The molecule has 0 saturated carbocycles. The maximum atomic E-state index is 12.4. The molecule has 8 nitrogen and oxygen atoms in total. The molecule has 146 valence electrons. The first kappa shape index (κ1) is 18.2. The standard InChI is InChI=1S/C20H22N4O4/c1-12-10-14(7-9-27-12)28-20-15-6-5-13(11-16(15)24(2)23-20)22-19(26)18-17(25)4-3-8-21-18/h3-6,8,11-12,14,25H,7,9-10H2,1-2H3,(H,22,26). The maximum absolute atomic E-state index is 12.4. The molecule has 4 rings (SSSR count). The highest BCUT2D eigenvalue weighted by molar-refractivity contribution is 6.05. The van der Waals surface area contributed by atoms with Crippen molar-refractivity contribution in [1.82, 2.24) is 14.8 Å². The number of hydrogen-bond acceptors (Lipinski definition) is 6. The van der Waals surface area contributed by atoms with Crippen molar-refractivity contribution >= 4 is 22.5 Å². The van der Waals surface area contributed by atoms with E-state index in [1.807, 2.05) is 26.1 Å². The molecule has 0 aliphatic carbocycles. The van der Waals surface area contributed by atoms with Crippen LogP contribution in [0, 0.1) is 0 Å². The smallest absolute Gasteiger partial charge is 0.278 e. The Labute approximate surface area is 162 Å². The number of aryl methyl sites for hydroxylation is 1. The van der Waals surface area contributed by atoms with E-state index in [2.05, 4.69) is 15.4 Å². The van der Waals surface area contributed by atoms with Crippen molar-refractivity contribution in [3.05, 3.63) is 42.2 Å². The second kappa shape index (κ2) is 7.47. The van der Waals surface area contributed by atoms with E-state index < -0.39 is 5.91 Å². The molecule has 1 aliphatic rings. The maximum Gasteiger partial charge on any atom is 0.278 e. The van der Waals surface area contributed by atoms with Crippen LogP contribution in [-0.2, 0) is 11.8 Å². The zero-order chi connectivity index (χ0) is 19.7. The molecule has 1 aromatic carbocycles. The summed E-state index contributed by atoms with van der Waals surface area (Å²) in [7, 11) is 1.83. The van der Waals surface area contributed by atoms with Gasteiger partial charge >= 0.3 is 0 Å². The third-order valence-electron chi connectivity index (χ3n) is 4.79. The highest BCUT2D eigenvalue weighted by Gasteiger charge is 2.23. The third-order valence-corrected chi connectivity index (χ3v) is 4.79. The molecule has 3 aromatic rings. The van der Waals surface area contributed by atoms with Gasteiger partial charge in [-0.15, -0.1) is 5.10 Å². The molecule has 0 bridgehead atoms. The lowest BCUT2D eigenvalue weighted by Crippen LogP contribution is -2.31. The average Bonchev–Trinajstić information content (AvgIpc) is 2.97. The van der Waals surface area contributed by atoms with Gasteiger partial charge in [0, 0.05) is 31.8 Å². The first-order valence-electron chi connectivity index (χ1n) is 9.21. The summed E-state index contributed by atoms with van der Waals surface area (Å²) in [5, 5.41) is 17.9. The van der Waals surface area contributed by atoms with Crippen LogP contribution in [0.2, 0.25) is 0 Å². The monoisotopic (exact) mass is 382 g/mol. The van der Waals surface area contributed by atoms with Gasteiger partial charge in [0.05, 0.1) is 23.6 Å². The quantitative estimate of drug-likeness (QED) is 0.720. The van der Waals surface area contributed by atoms with E-state index in [0.29, 0.717) is 18.2 Å². The second-order valence-electron chi connectivity index (χ2n) is 6.93. The molecule has 2 N–H and O–H groups in total. The van der Waals surface area contributed by atoms with Crippen LogP contribution in [0.15, 0.2) is 36.5 Å². The van der Waals surface area contributed by atoms with E-state index in [-0.39, 0.29) is 23.7 Å². The highest BCUT2D eigenvalue weighted by atomic mass is 16.5. The summed E-state index contributed by atoms with van der Waals surface area (Å²) in [6.45, 7) is 2.73. The summed E-state index contributed by atoms with van der Waals surface area (Å²) in [5.74, 6) is -0.0629. The number of benzene rings is 1. The van der Waals surface area contributed by atoms with E-state index >= 15 is 0 Å². The number of nitrogens with one attached hydrogen (secondary N) is 1. The molecule has 2 atom stereocenters. The number of aromatic hydroxyl groups is 1. The zero-order valence-electron chi connectivity index (χ0n) is 15.8. The van der Waals surface area contributed by atoms with Gasteiger partial charge in [-0.25, -0.2) is 4.98 Å². The predicted octanol–water partition coefficient (Wildman–Crippen LogP) is 2.87. The van der Waals surface area contributed by atoms with Crippen LogP contribution in [0.5, 0.6) is 11.6 Å². The highest BCUT2D eigenvalue weighted by Crippen LogP contribution is 2.30. The fourth-order valence-electron chi connectivity index (χ4n) is 3.37. The first-order valence-corrected chi connectivity index (χ1v) is 9.21. The van der Waals surface area contributed by atoms with Crippen molar-refractivity contribution in [1.29, 1.82) is 0 Å². The molecule has 28 heavy (non-hydrogen) atoms. The van der Waals surface area contributed by atoms with Crippen molar-refractivity contribution in [2.24, 2.45) is 7.05 Å². The Morgan fingerprint density at radius 1 is 1.39 bits per heavy atom. The number of rotatable bonds is 4. The first-order chi connectivity index (χ1) is 13.5. The van der Waals surface area contributed by atoms with Crippen LogP contribution >= 0.6 is 0 Å². The number of aromatic nitrogens is 3. The van der Waals surface area contributed by atoms with Gasteiger partial charge in [-0.2, -0.15) is 0 Å². The van der Waals surface area contributed by atoms with Crippen molar-refractivity contribution in [2.45, 2.75) is 32.0 Å². The lowest BCUT2D eigenvalue weighted by Gasteiger charge is -2.27. The van der Waals surface area contributed by atoms with E-state index in [1.54, 1.807) is 16.8 Å². The summed E-state index contributed by atoms with van der Waals surface area (Å²) in [6, 6.07) is 8.46. The van der Waals surface area contributed by atoms with Gasteiger partial charge in [-0.05, 0) is 37.3 Å². The molecule has 2 unspecified atom stereocenters. The number of anilines is 1. The summed E-state index contributed by atoms with van der Waals surface area (Å²) in [4.78, 5) is 16.3.